The van der Waals surface area contributed by atoms with Gasteiger partial charge in [0.2, 0.25) is 10.0 Å². The molecule has 0 spiro atoms. The van der Waals surface area contributed by atoms with Gasteiger partial charge in [0.1, 0.15) is 17.1 Å². The highest BCUT2D eigenvalue weighted by molar-refractivity contribution is 7.93. The number of nitriles is 1. The van der Waals surface area contributed by atoms with Crippen molar-refractivity contribution in [1.29, 1.82) is 5.26 Å². The highest BCUT2D eigenvalue weighted by Crippen LogP contribution is 2.15. The van der Waals surface area contributed by atoms with Crippen LogP contribution >= 0.6 is 11.6 Å². The van der Waals surface area contributed by atoms with Crippen molar-refractivity contribution in [2.75, 3.05) is 9.93 Å². The summed E-state index contributed by atoms with van der Waals surface area (Å²) in [7, 11) is -3.63. The summed E-state index contributed by atoms with van der Waals surface area (Å²) in [5.74, 6) is -0.702. The zero-order valence-electron chi connectivity index (χ0n) is 7.37. The smallest absolute Gasteiger partial charge is 0.246 e. The molecule has 0 aromatic heterocycles. The fourth-order valence-electron chi connectivity index (χ4n) is 0.881. The lowest BCUT2D eigenvalue weighted by molar-refractivity contribution is 0.605. The van der Waals surface area contributed by atoms with Gasteiger partial charge < -0.3 is 0 Å². The molecule has 0 unspecified atom stereocenters. The van der Waals surface area contributed by atoms with Crippen molar-refractivity contribution in [1.82, 2.24) is 0 Å². The summed E-state index contributed by atoms with van der Waals surface area (Å²) in [5, 5.41) is 7.90. The van der Waals surface area contributed by atoms with E-state index in [9.17, 15) is 12.8 Å². The lowest BCUT2D eigenvalue weighted by atomic mass is 10.2. The Balaban J connectivity index is 3.04. The normalized spacial score (nSPS) is 10.7. The van der Waals surface area contributed by atoms with E-state index in [2.05, 4.69) is 4.72 Å². The second-order valence-electron chi connectivity index (χ2n) is 2.63. The van der Waals surface area contributed by atoms with Crippen molar-refractivity contribution in [2.45, 2.75) is 0 Å². The first-order valence-electron chi connectivity index (χ1n) is 3.74. The molecule has 1 aromatic rings. The van der Waals surface area contributed by atoms with E-state index < -0.39 is 21.1 Å². The maximum absolute atomic E-state index is 12.9. The standard InChI is InChI=1S/C8H6ClFN2O2S/c9-5-15(13,14)12-7-1-2-8(10)6(3-7)4-11/h1-3,12H,5H2. The molecular weight excluding hydrogens is 243 g/mol. The maximum Gasteiger partial charge on any atom is 0.246 e. The lowest BCUT2D eigenvalue weighted by Gasteiger charge is -2.05. The van der Waals surface area contributed by atoms with Crippen LogP contribution in [-0.2, 0) is 10.0 Å². The number of rotatable bonds is 3. The third-order valence-corrected chi connectivity index (χ3v) is 3.20. The van der Waals surface area contributed by atoms with E-state index in [-0.39, 0.29) is 11.3 Å². The molecule has 0 heterocycles. The summed E-state index contributed by atoms with van der Waals surface area (Å²) in [6.07, 6.45) is 0. The van der Waals surface area contributed by atoms with Gasteiger partial charge in [-0.15, -0.1) is 11.6 Å². The largest absolute Gasteiger partial charge is 0.283 e. The van der Waals surface area contributed by atoms with Gasteiger partial charge in [-0.1, -0.05) is 0 Å². The molecule has 1 rings (SSSR count). The van der Waals surface area contributed by atoms with E-state index in [0.29, 0.717) is 0 Å². The third kappa shape index (κ3) is 3.08. The van der Waals surface area contributed by atoms with Gasteiger partial charge in [0.05, 0.1) is 11.3 Å². The minimum atomic E-state index is -3.63. The fraction of sp³-hybridized carbons (Fsp3) is 0.125. The van der Waals surface area contributed by atoms with Crippen molar-refractivity contribution in [3.8, 4) is 6.07 Å². The number of hydrogen-bond donors (Lipinski definition) is 1. The molecule has 15 heavy (non-hydrogen) atoms. The van der Waals surface area contributed by atoms with Crippen LogP contribution < -0.4 is 4.72 Å². The van der Waals surface area contributed by atoms with Crippen molar-refractivity contribution >= 4 is 27.3 Å². The number of halogens is 2. The lowest BCUT2D eigenvalue weighted by Crippen LogP contribution is -2.13. The molecule has 0 bridgehead atoms. The van der Waals surface area contributed by atoms with Gasteiger partial charge in [-0.3, -0.25) is 4.72 Å². The van der Waals surface area contributed by atoms with Crippen LogP contribution in [0.1, 0.15) is 5.56 Å². The molecule has 0 aliphatic carbocycles. The second-order valence-corrected chi connectivity index (χ2v) is 4.94. The number of nitrogens with zero attached hydrogens (tertiary/aromatic N) is 1. The SMILES string of the molecule is N#Cc1cc(NS(=O)(=O)CCl)ccc1F. The van der Waals surface area contributed by atoms with Crippen molar-refractivity contribution in [3.05, 3.63) is 29.6 Å². The maximum atomic E-state index is 12.9. The van der Waals surface area contributed by atoms with E-state index in [1.54, 1.807) is 6.07 Å². The summed E-state index contributed by atoms with van der Waals surface area (Å²) in [5.41, 5.74) is -0.127. The number of benzene rings is 1. The van der Waals surface area contributed by atoms with E-state index in [0.717, 1.165) is 12.1 Å². The molecule has 0 fully saturated rings. The predicted molar refractivity (Wildman–Crippen MR) is 54.4 cm³/mol. The Labute approximate surface area is 91.3 Å². The van der Waals surface area contributed by atoms with Gasteiger partial charge in [-0.25, -0.2) is 12.8 Å². The Kier molecular flexibility index (Phi) is 3.50. The van der Waals surface area contributed by atoms with Crippen LogP contribution in [0, 0.1) is 17.1 Å². The number of nitrogens with one attached hydrogen (secondary N) is 1. The number of sulfonamides is 1. The Morgan fingerprint density at radius 2 is 2.20 bits per heavy atom. The van der Waals surface area contributed by atoms with Gasteiger partial charge in [-0.05, 0) is 18.2 Å². The predicted octanol–water partition coefficient (Wildman–Crippen LogP) is 1.64. The van der Waals surface area contributed by atoms with Gasteiger partial charge in [0, 0.05) is 0 Å². The topological polar surface area (TPSA) is 70.0 Å². The average Bonchev–Trinajstić information content (AvgIpc) is 2.20. The molecule has 0 amide bonds. The van der Waals surface area contributed by atoms with Gasteiger partial charge in [0.15, 0.2) is 0 Å². The Bertz CT molecular complexity index is 510. The summed E-state index contributed by atoms with van der Waals surface area (Å²) in [6.45, 7) is 0. The van der Waals surface area contributed by atoms with Crippen LogP contribution in [0.5, 0.6) is 0 Å². The van der Waals surface area contributed by atoms with Crippen LogP contribution in [0.2, 0.25) is 0 Å². The quantitative estimate of drug-likeness (QED) is 0.827. The molecule has 0 saturated heterocycles. The Hall–Kier alpha value is -1.32. The average molecular weight is 249 g/mol. The Morgan fingerprint density at radius 1 is 1.53 bits per heavy atom. The molecule has 0 radical (unpaired) electrons. The van der Waals surface area contributed by atoms with Crippen LogP contribution in [0.4, 0.5) is 10.1 Å². The minimum absolute atomic E-state index is 0.105. The molecule has 7 heteroatoms. The number of hydrogen-bond acceptors (Lipinski definition) is 3. The van der Waals surface area contributed by atoms with Gasteiger partial charge in [0.25, 0.3) is 0 Å². The van der Waals surface area contributed by atoms with Crippen LogP contribution in [0.15, 0.2) is 18.2 Å². The van der Waals surface area contributed by atoms with E-state index in [1.165, 1.54) is 6.07 Å². The highest BCUT2D eigenvalue weighted by Gasteiger charge is 2.09. The Morgan fingerprint density at radius 3 is 2.73 bits per heavy atom. The van der Waals surface area contributed by atoms with Crippen LogP contribution in [0.3, 0.4) is 0 Å². The van der Waals surface area contributed by atoms with E-state index in [4.69, 9.17) is 16.9 Å². The fourth-order valence-corrected chi connectivity index (χ4v) is 1.59. The first kappa shape index (κ1) is 11.8. The summed E-state index contributed by atoms with van der Waals surface area (Å²) in [6, 6.07) is 4.91. The molecule has 0 saturated carbocycles. The monoisotopic (exact) mass is 248 g/mol. The molecule has 0 atom stereocenters. The van der Waals surface area contributed by atoms with Crippen LogP contribution in [0.25, 0.3) is 0 Å². The molecule has 0 aliphatic rings. The molecule has 1 N–H and O–H groups in total. The van der Waals surface area contributed by atoms with Gasteiger partial charge >= 0.3 is 0 Å². The molecule has 4 nitrogen and oxygen atoms in total. The van der Waals surface area contributed by atoms with E-state index in [1.807, 2.05) is 0 Å². The molecule has 80 valence electrons. The highest BCUT2D eigenvalue weighted by atomic mass is 35.5. The van der Waals surface area contributed by atoms with Crippen molar-refractivity contribution in [3.63, 3.8) is 0 Å². The summed E-state index contributed by atoms with van der Waals surface area (Å²) in [4.78, 5) is 0. The van der Waals surface area contributed by atoms with E-state index >= 15 is 0 Å². The molecule has 1 aromatic carbocycles. The van der Waals surface area contributed by atoms with Crippen molar-refractivity contribution < 1.29 is 12.8 Å². The summed E-state index contributed by atoms with van der Waals surface area (Å²) < 4.78 is 37.0. The first-order chi connectivity index (χ1) is 6.98. The third-order valence-electron chi connectivity index (χ3n) is 1.50. The zero-order chi connectivity index (χ0) is 11.5. The second kappa shape index (κ2) is 4.47. The van der Waals surface area contributed by atoms with Gasteiger partial charge in [-0.2, -0.15) is 5.26 Å². The molecule has 0 aliphatic heterocycles. The number of alkyl halides is 1. The number of anilines is 1. The minimum Gasteiger partial charge on any atom is -0.283 e. The van der Waals surface area contributed by atoms with Crippen molar-refractivity contribution in [2.24, 2.45) is 0 Å². The first-order valence-corrected chi connectivity index (χ1v) is 5.93. The molecular formula is C8H6ClFN2O2S. The zero-order valence-corrected chi connectivity index (χ0v) is 8.94. The summed E-state index contributed by atoms with van der Waals surface area (Å²) >= 11 is 5.16. The van der Waals surface area contributed by atoms with Crippen LogP contribution in [-0.4, -0.2) is 13.6 Å².